The lowest BCUT2D eigenvalue weighted by Gasteiger charge is -2.19. The average molecular weight is 422 g/mol. The third-order valence-corrected chi connectivity index (χ3v) is 5.46. The normalized spacial score (nSPS) is 14.5. The quantitative estimate of drug-likeness (QED) is 0.566. The van der Waals surface area contributed by atoms with Crippen LogP contribution in [0.15, 0.2) is 60.7 Å². The number of aliphatic hydroxyl groups excluding tert-OH is 2. The van der Waals surface area contributed by atoms with Crippen molar-refractivity contribution in [3.8, 4) is 11.1 Å². The number of alkyl carbamates (subject to hydrolysis) is 1. The summed E-state index contributed by atoms with van der Waals surface area (Å²) in [5.41, 5.74) is 4.67. The Morgan fingerprint density at radius 1 is 1.06 bits per heavy atom. The number of benzene rings is 2. The van der Waals surface area contributed by atoms with E-state index in [1.807, 2.05) is 48.5 Å². The molecule has 0 fully saturated rings. The van der Waals surface area contributed by atoms with Crippen LogP contribution in [0.5, 0.6) is 0 Å². The van der Waals surface area contributed by atoms with E-state index in [4.69, 9.17) is 4.74 Å². The molecule has 0 radical (unpaired) electrons. The first-order chi connectivity index (χ1) is 15.0. The Balaban J connectivity index is 1.35. The lowest BCUT2D eigenvalue weighted by Crippen LogP contribution is -2.36. The van der Waals surface area contributed by atoms with Gasteiger partial charge in [-0.1, -0.05) is 48.5 Å². The first-order valence-corrected chi connectivity index (χ1v) is 10.0. The molecule has 2 atom stereocenters. The second-order valence-corrected chi connectivity index (χ2v) is 7.54. The number of aliphatic hydroxyl groups is 2. The summed E-state index contributed by atoms with van der Waals surface area (Å²) in [7, 11) is 0. The van der Waals surface area contributed by atoms with Gasteiger partial charge in [0.05, 0.1) is 0 Å². The molecule has 2 aromatic carbocycles. The van der Waals surface area contributed by atoms with E-state index in [9.17, 15) is 19.4 Å². The van der Waals surface area contributed by atoms with E-state index < -0.39 is 24.1 Å². The predicted molar refractivity (Wildman–Crippen MR) is 113 cm³/mol. The lowest BCUT2D eigenvalue weighted by molar-refractivity contribution is 0.0138. The number of hydrogen-bond acceptors (Lipinski definition) is 5. The van der Waals surface area contributed by atoms with Crippen LogP contribution in [-0.4, -0.2) is 40.5 Å². The summed E-state index contributed by atoms with van der Waals surface area (Å²) in [6.07, 6.45) is -3.75. The number of rotatable bonds is 6. The van der Waals surface area contributed by atoms with E-state index in [0.717, 1.165) is 22.3 Å². The van der Waals surface area contributed by atoms with Crippen LogP contribution in [-0.2, 0) is 4.74 Å². The van der Waals surface area contributed by atoms with Gasteiger partial charge in [-0.25, -0.2) is 9.18 Å². The molecule has 1 amide bonds. The third-order valence-electron chi connectivity index (χ3n) is 5.46. The second kappa shape index (κ2) is 8.83. The van der Waals surface area contributed by atoms with Crippen LogP contribution in [0.4, 0.5) is 9.18 Å². The summed E-state index contributed by atoms with van der Waals surface area (Å²) in [5.74, 6) is -0.808. The van der Waals surface area contributed by atoms with Crippen molar-refractivity contribution in [1.29, 1.82) is 0 Å². The Morgan fingerprint density at radius 2 is 1.68 bits per heavy atom. The van der Waals surface area contributed by atoms with Gasteiger partial charge in [0, 0.05) is 18.2 Å². The van der Waals surface area contributed by atoms with Crippen LogP contribution < -0.4 is 5.32 Å². The van der Waals surface area contributed by atoms with Gasteiger partial charge >= 0.3 is 6.09 Å². The van der Waals surface area contributed by atoms with Crippen LogP contribution in [0.3, 0.4) is 0 Å². The van der Waals surface area contributed by atoms with Gasteiger partial charge < -0.3 is 20.3 Å². The van der Waals surface area contributed by atoms with Crippen molar-refractivity contribution in [1.82, 2.24) is 10.3 Å². The maximum absolute atomic E-state index is 13.9. The number of amides is 1. The predicted octanol–water partition coefficient (Wildman–Crippen LogP) is 3.46. The van der Waals surface area contributed by atoms with Gasteiger partial charge in [0.2, 0.25) is 0 Å². The first kappa shape index (κ1) is 21.0. The van der Waals surface area contributed by atoms with Crippen molar-refractivity contribution in [2.24, 2.45) is 0 Å². The molecule has 31 heavy (non-hydrogen) atoms. The van der Waals surface area contributed by atoms with Gasteiger partial charge in [0.1, 0.15) is 30.3 Å². The van der Waals surface area contributed by atoms with Crippen LogP contribution in [0.25, 0.3) is 11.1 Å². The summed E-state index contributed by atoms with van der Waals surface area (Å²) < 4.78 is 19.3. The fourth-order valence-corrected chi connectivity index (χ4v) is 3.90. The molecular weight excluding hydrogens is 399 g/mol. The number of nitrogens with zero attached hydrogens (tertiary/aromatic N) is 1. The van der Waals surface area contributed by atoms with Gasteiger partial charge in [-0.3, -0.25) is 4.98 Å². The standard InChI is InChI=1S/C24H23FN2O4/c1-14-10-11-20(25)22(27-14)23(29)21(28)12-26-24(30)31-13-19-17-8-4-2-6-15(17)16-7-3-5-9-18(16)19/h2-11,19,21,23,28-29H,12-13H2,1H3,(H,26,30). The molecule has 160 valence electrons. The first-order valence-electron chi connectivity index (χ1n) is 10.0. The lowest BCUT2D eigenvalue weighted by atomic mass is 9.98. The zero-order valence-electron chi connectivity index (χ0n) is 17.0. The Labute approximate surface area is 179 Å². The van der Waals surface area contributed by atoms with Crippen LogP contribution in [0, 0.1) is 12.7 Å². The highest BCUT2D eigenvalue weighted by Gasteiger charge is 2.29. The molecule has 6 nitrogen and oxygen atoms in total. The molecule has 3 N–H and O–H groups in total. The van der Waals surface area contributed by atoms with E-state index in [1.165, 1.54) is 12.1 Å². The molecule has 0 bridgehead atoms. The number of pyridine rings is 1. The molecule has 0 saturated carbocycles. The van der Waals surface area contributed by atoms with Crippen molar-refractivity contribution in [3.63, 3.8) is 0 Å². The van der Waals surface area contributed by atoms with Gasteiger partial charge in [-0.05, 0) is 41.3 Å². The van der Waals surface area contributed by atoms with E-state index in [0.29, 0.717) is 5.69 Å². The molecular formula is C24H23FN2O4. The molecule has 1 aliphatic rings. The Hall–Kier alpha value is -3.29. The van der Waals surface area contributed by atoms with Gasteiger partial charge in [0.15, 0.2) is 0 Å². The maximum atomic E-state index is 13.9. The smallest absolute Gasteiger partial charge is 0.407 e. The molecule has 3 aromatic rings. The molecule has 7 heteroatoms. The fraction of sp³-hybridized carbons (Fsp3) is 0.250. The average Bonchev–Trinajstić information content (AvgIpc) is 3.11. The topological polar surface area (TPSA) is 91.7 Å². The largest absolute Gasteiger partial charge is 0.449 e. The number of hydrogen-bond donors (Lipinski definition) is 3. The number of carbonyl (C=O) groups is 1. The Bertz CT molecular complexity index is 1060. The summed E-state index contributed by atoms with van der Waals surface area (Å²) in [5, 5.41) is 22.7. The van der Waals surface area contributed by atoms with Crippen molar-refractivity contribution >= 4 is 6.09 Å². The molecule has 2 unspecified atom stereocenters. The minimum Gasteiger partial charge on any atom is -0.449 e. The zero-order valence-corrected chi connectivity index (χ0v) is 17.0. The molecule has 0 saturated heterocycles. The SMILES string of the molecule is Cc1ccc(F)c(C(O)C(O)CNC(=O)OCC2c3ccccc3-c3ccccc32)n1. The molecule has 1 heterocycles. The van der Waals surface area contributed by atoms with Crippen molar-refractivity contribution in [2.75, 3.05) is 13.2 Å². The highest BCUT2D eigenvalue weighted by atomic mass is 19.1. The Kier molecular flexibility index (Phi) is 5.97. The van der Waals surface area contributed by atoms with Crippen LogP contribution in [0.2, 0.25) is 0 Å². The Morgan fingerprint density at radius 3 is 2.32 bits per heavy atom. The number of aromatic nitrogens is 1. The molecule has 0 spiro atoms. The van der Waals surface area contributed by atoms with Gasteiger partial charge in [-0.15, -0.1) is 0 Å². The van der Waals surface area contributed by atoms with Gasteiger partial charge in [0.25, 0.3) is 0 Å². The fourth-order valence-electron chi connectivity index (χ4n) is 3.90. The van der Waals surface area contributed by atoms with E-state index in [2.05, 4.69) is 10.3 Å². The highest BCUT2D eigenvalue weighted by molar-refractivity contribution is 5.79. The van der Waals surface area contributed by atoms with Crippen molar-refractivity contribution in [2.45, 2.75) is 25.0 Å². The number of fused-ring (bicyclic) bond motifs is 3. The van der Waals surface area contributed by atoms with Crippen molar-refractivity contribution in [3.05, 3.63) is 89.0 Å². The minimum absolute atomic E-state index is 0.0840. The van der Waals surface area contributed by atoms with Crippen LogP contribution in [0.1, 0.15) is 34.5 Å². The van der Waals surface area contributed by atoms with Crippen molar-refractivity contribution < 1.29 is 24.1 Å². The summed E-state index contributed by atoms with van der Waals surface area (Å²) in [6.45, 7) is 1.47. The number of nitrogens with one attached hydrogen (secondary N) is 1. The highest BCUT2D eigenvalue weighted by Crippen LogP contribution is 2.44. The molecule has 1 aliphatic carbocycles. The third kappa shape index (κ3) is 4.28. The van der Waals surface area contributed by atoms with Crippen LogP contribution >= 0.6 is 0 Å². The summed E-state index contributed by atoms with van der Waals surface area (Å²) in [4.78, 5) is 16.1. The van der Waals surface area contributed by atoms with Gasteiger partial charge in [-0.2, -0.15) is 0 Å². The minimum atomic E-state index is -1.58. The number of aryl methyl sites for hydroxylation is 1. The number of carbonyl (C=O) groups excluding carboxylic acids is 1. The summed E-state index contributed by atoms with van der Waals surface area (Å²) >= 11 is 0. The van der Waals surface area contributed by atoms with E-state index >= 15 is 0 Å². The van der Waals surface area contributed by atoms with E-state index in [-0.39, 0.29) is 24.8 Å². The number of halogens is 1. The zero-order chi connectivity index (χ0) is 22.0. The number of ether oxygens (including phenoxy) is 1. The molecule has 4 rings (SSSR count). The second-order valence-electron chi connectivity index (χ2n) is 7.54. The summed E-state index contributed by atoms with van der Waals surface area (Å²) in [6, 6.07) is 18.6. The maximum Gasteiger partial charge on any atom is 0.407 e. The molecule has 0 aliphatic heterocycles. The molecule has 1 aromatic heterocycles. The monoisotopic (exact) mass is 422 g/mol. The van der Waals surface area contributed by atoms with E-state index in [1.54, 1.807) is 6.92 Å².